The number of sulfonamides is 1. The maximum absolute atomic E-state index is 12.0. The highest BCUT2D eigenvalue weighted by Crippen LogP contribution is 2.23. The standard InChI is InChI=1S/C9H16N2O3S2/c1-6-8(15-7(2)10-6)16(13,14)11-9(3,4)5-12/h11-12H,5H2,1-4H3. The average Bonchev–Trinajstić information content (AvgIpc) is 2.44. The van der Waals surface area contributed by atoms with E-state index in [1.54, 1.807) is 27.7 Å². The molecule has 5 nitrogen and oxygen atoms in total. The Hall–Kier alpha value is -0.500. The van der Waals surface area contributed by atoms with Crippen molar-refractivity contribution in [2.75, 3.05) is 6.61 Å². The molecule has 1 rings (SSSR count). The molecule has 0 radical (unpaired) electrons. The van der Waals surface area contributed by atoms with E-state index in [0.29, 0.717) is 10.7 Å². The Kier molecular flexibility index (Phi) is 3.73. The summed E-state index contributed by atoms with van der Waals surface area (Å²) in [5, 5.41) is 9.75. The molecule has 0 aliphatic heterocycles. The van der Waals surface area contributed by atoms with E-state index in [4.69, 9.17) is 5.11 Å². The summed E-state index contributed by atoms with van der Waals surface area (Å²) in [6.07, 6.45) is 0. The molecule has 0 saturated carbocycles. The van der Waals surface area contributed by atoms with Crippen LogP contribution in [0, 0.1) is 13.8 Å². The van der Waals surface area contributed by atoms with E-state index in [-0.39, 0.29) is 10.8 Å². The number of thiazole rings is 1. The van der Waals surface area contributed by atoms with Crippen molar-refractivity contribution < 1.29 is 13.5 Å². The summed E-state index contributed by atoms with van der Waals surface area (Å²) in [7, 11) is -3.59. The van der Waals surface area contributed by atoms with Crippen LogP contribution in [0.15, 0.2) is 4.21 Å². The zero-order chi connectivity index (χ0) is 12.6. The van der Waals surface area contributed by atoms with Crippen molar-refractivity contribution in [1.82, 2.24) is 9.71 Å². The summed E-state index contributed by atoms with van der Waals surface area (Å²) in [5.74, 6) is 0. The maximum Gasteiger partial charge on any atom is 0.252 e. The molecular weight excluding hydrogens is 248 g/mol. The first-order valence-corrected chi connectivity index (χ1v) is 7.07. The lowest BCUT2D eigenvalue weighted by Gasteiger charge is -2.22. The van der Waals surface area contributed by atoms with E-state index in [2.05, 4.69) is 9.71 Å². The minimum Gasteiger partial charge on any atom is -0.394 e. The van der Waals surface area contributed by atoms with Crippen LogP contribution in [0.25, 0.3) is 0 Å². The van der Waals surface area contributed by atoms with Gasteiger partial charge in [-0.25, -0.2) is 18.1 Å². The number of nitrogens with one attached hydrogen (secondary N) is 1. The summed E-state index contributed by atoms with van der Waals surface area (Å²) < 4.78 is 26.6. The molecule has 0 spiro atoms. The van der Waals surface area contributed by atoms with E-state index >= 15 is 0 Å². The molecule has 0 fully saturated rings. The molecule has 16 heavy (non-hydrogen) atoms. The molecule has 1 aromatic rings. The van der Waals surface area contributed by atoms with Crippen LogP contribution in [0.3, 0.4) is 0 Å². The van der Waals surface area contributed by atoms with Gasteiger partial charge in [-0.15, -0.1) is 11.3 Å². The summed E-state index contributed by atoms with van der Waals surface area (Å²) in [6.45, 7) is 6.39. The van der Waals surface area contributed by atoms with Gasteiger partial charge in [0, 0.05) is 0 Å². The molecule has 0 aromatic carbocycles. The Morgan fingerprint density at radius 3 is 2.38 bits per heavy atom. The molecular formula is C9H16N2O3S2. The van der Waals surface area contributed by atoms with Crippen LogP contribution in [-0.4, -0.2) is 30.7 Å². The number of hydrogen-bond acceptors (Lipinski definition) is 5. The van der Waals surface area contributed by atoms with E-state index in [0.717, 1.165) is 11.3 Å². The van der Waals surface area contributed by atoms with Crippen molar-refractivity contribution in [3.05, 3.63) is 10.7 Å². The van der Waals surface area contributed by atoms with Crippen molar-refractivity contribution in [2.24, 2.45) is 0 Å². The van der Waals surface area contributed by atoms with Crippen LogP contribution in [0.2, 0.25) is 0 Å². The highest BCUT2D eigenvalue weighted by Gasteiger charge is 2.28. The van der Waals surface area contributed by atoms with Crippen molar-refractivity contribution in [2.45, 2.75) is 37.4 Å². The Bertz CT molecular complexity index is 477. The van der Waals surface area contributed by atoms with Gasteiger partial charge in [-0.1, -0.05) is 0 Å². The van der Waals surface area contributed by atoms with Crippen LogP contribution in [0.1, 0.15) is 24.5 Å². The fourth-order valence-corrected chi connectivity index (χ4v) is 4.09. The van der Waals surface area contributed by atoms with Crippen LogP contribution < -0.4 is 4.72 Å². The molecule has 0 atom stereocenters. The molecule has 7 heteroatoms. The van der Waals surface area contributed by atoms with Gasteiger partial charge in [-0.2, -0.15) is 0 Å². The van der Waals surface area contributed by atoms with Crippen LogP contribution in [-0.2, 0) is 10.0 Å². The molecule has 0 unspecified atom stereocenters. The molecule has 0 amide bonds. The number of aliphatic hydroxyl groups excluding tert-OH is 1. The quantitative estimate of drug-likeness (QED) is 0.843. The van der Waals surface area contributed by atoms with E-state index < -0.39 is 15.6 Å². The second-order valence-corrected chi connectivity index (χ2v) is 7.33. The lowest BCUT2D eigenvalue weighted by molar-refractivity contribution is 0.208. The summed E-state index contributed by atoms with van der Waals surface area (Å²) in [5.41, 5.74) is -0.382. The van der Waals surface area contributed by atoms with Crippen LogP contribution >= 0.6 is 11.3 Å². The lowest BCUT2D eigenvalue weighted by atomic mass is 10.1. The summed E-state index contributed by atoms with van der Waals surface area (Å²) >= 11 is 1.13. The van der Waals surface area contributed by atoms with Crippen molar-refractivity contribution in [1.29, 1.82) is 0 Å². The normalized spacial score (nSPS) is 13.1. The maximum atomic E-state index is 12.0. The van der Waals surface area contributed by atoms with Crippen LogP contribution in [0.5, 0.6) is 0 Å². The van der Waals surface area contributed by atoms with E-state index in [1.165, 1.54) is 0 Å². The Labute approximate surface area is 99.6 Å². The number of aromatic nitrogens is 1. The van der Waals surface area contributed by atoms with E-state index in [9.17, 15) is 8.42 Å². The van der Waals surface area contributed by atoms with Gasteiger partial charge >= 0.3 is 0 Å². The molecule has 1 aromatic heterocycles. The van der Waals surface area contributed by atoms with Gasteiger partial charge in [0.1, 0.15) is 0 Å². The zero-order valence-corrected chi connectivity index (χ0v) is 11.4. The van der Waals surface area contributed by atoms with Crippen molar-refractivity contribution in [3.8, 4) is 0 Å². The highest BCUT2D eigenvalue weighted by atomic mass is 32.2. The van der Waals surface area contributed by atoms with Gasteiger partial charge in [0.25, 0.3) is 10.0 Å². The number of rotatable bonds is 4. The minimum atomic E-state index is -3.59. The Morgan fingerprint density at radius 2 is 2.00 bits per heavy atom. The minimum absolute atomic E-state index is 0.214. The molecule has 2 N–H and O–H groups in total. The summed E-state index contributed by atoms with van der Waals surface area (Å²) in [4.78, 5) is 4.07. The van der Waals surface area contributed by atoms with Crippen molar-refractivity contribution in [3.63, 3.8) is 0 Å². The molecule has 0 aliphatic rings. The Morgan fingerprint density at radius 1 is 1.44 bits per heavy atom. The third-order valence-electron chi connectivity index (χ3n) is 1.91. The highest BCUT2D eigenvalue weighted by molar-refractivity contribution is 7.91. The van der Waals surface area contributed by atoms with Crippen LogP contribution in [0.4, 0.5) is 0 Å². The fraction of sp³-hybridized carbons (Fsp3) is 0.667. The number of hydrogen-bond donors (Lipinski definition) is 2. The van der Waals surface area contributed by atoms with Gasteiger partial charge in [-0.3, -0.25) is 0 Å². The first kappa shape index (κ1) is 13.6. The van der Waals surface area contributed by atoms with Gasteiger partial charge in [0.05, 0.1) is 22.8 Å². The lowest BCUT2D eigenvalue weighted by Crippen LogP contribution is -2.46. The third kappa shape index (κ3) is 3.00. The first-order chi connectivity index (χ1) is 7.18. The molecule has 0 bridgehead atoms. The smallest absolute Gasteiger partial charge is 0.252 e. The van der Waals surface area contributed by atoms with E-state index in [1.807, 2.05) is 0 Å². The van der Waals surface area contributed by atoms with Gasteiger partial charge in [0.15, 0.2) is 4.21 Å². The molecule has 1 heterocycles. The SMILES string of the molecule is Cc1nc(C)c(S(=O)(=O)NC(C)(C)CO)s1. The number of aliphatic hydroxyl groups is 1. The zero-order valence-electron chi connectivity index (χ0n) is 9.73. The Balaban J connectivity index is 3.09. The molecule has 92 valence electrons. The molecule has 0 aliphatic carbocycles. The second kappa shape index (κ2) is 4.40. The fourth-order valence-electron chi connectivity index (χ4n) is 1.20. The number of aryl methyl sites for hydroxylation is 2. The van der Waals surface area contributed by atoms with Crippen molar-refractivity contribution >= 4 is 21.4 Å². The summed E-state index contributed by atoms with van der Waals surface area (Å²) in [6, 6.07) is 0. The predicted octanol–water partition coefficient (Wildman–Crippen LogP) is 0.809. The topological polar surface area (TPSA) is 79.3 Å². The monoisotopic (exact) mass is 264 g/mol. The average molecular weight is 264 g/mol. The molecule has 0 saturated heterocycles. The largest absolute Gasteiger partial charge is 0.394 e. The predicted molar refractivity (Wildman–Crippen MR) is 63.1 cm³/mol. The number of nitrogens with zero attached hydrogens (tertiary/aromatic N) is 1. The van der Waals surface area contributed by atoms with Gasteiger partial charge < -0.3 is 5.11 Å². The third-order valence-corrected chi connectivity index (χ3v) is 5.29. The second-order valence-electron chi connectivity index (χ2n) is 4.25. The van der Waals surface area contributed by atoms with Gasteiger partial charge in [0.2, 0.25) is 0 Å². The first-order valence-electron chi connectivity index (χ1n) is 4.77. The van der Waals surface area contributed by atoms with Gasteiger partial charge in [-0.05, 0) is 27.7 Å².